The van der Waals surface area contributed by atoms with Crippen molar-refractivity contribution in [2.75, 3.05) is 14.2 Å². The van der Waals surface area contributed by atoms with Crippen molar-refractivity contribution in [3.8, 4) is 11.5 Å². The van der Waals surface area contributed by atoms with Crippen molar-refractivity contribution >= 4 is 21.9 Å². The van der Waals surface area contributed by atoms with Crippen molar-refractivity contribution in [2.24, 2.45) is 5.41 Å². The predicted octanol–water partition coefficient (Wildman–Crippen LogP) is 3.00. The molecule has 2 N–H and O–H groups in total. The maximum atomic E-state index is 11.1. The first kappa shape index (κ1) is 16.8. The van der Waals surface area contributed by atoms with Crippen LogP contribution < -0.4 is 9.47 Å². The maximum absolute atomic E-state index is 11.1. The highest BCUT2D eigenvalue weighted by molar-refractivity contribution is 9.10. The number of methoxy groups -OCH3 is 2. The Kier molecular flexibility index (Phi) is 5.42. The second-order valence-electron chi connectivity index (χ2n) is 5.14. The number of ether oxygens (including phenoxy) is 2. The molecule has 0 fully saturated rings. The Morgan fingerprint density at radius 3 is 2.25 bits per heavy atom. The molecule has 0 aliphatic rings. The molecule has 0 radical (unpaired) electrons. The Morgan fingerprint density at radius 1 is 1.30 bits per heavy atom. The summed E-state index contributed by atoms with van der Waals surface area (Å²) < 4.78 is 11.0. The summed E-state index contributed by atoms with van der Waals surface area (Å²) in [6.07, 6.45) is -0.827. The fraction of sp³-hybridized carbons (Fsp3) is 0.500. The van der Waals surface area contributed by atoms with Gasteiger partial charge in [0.2, 0.25) is 0 Å². The van der Waals surface area contributed by atoms with Gasteiger partial charge in [0.15, 0.2) is 11.5 Å². The zero-order valence-corrected chi connectivity index (χ0v) is 13.5. The van der Waals surface area contributed by atoms with Gasteiger partial charge in [0.25, 0.3) is 0 Å². The number of carbonyl (C=O) groups is 1. The molecule has 0 aliphatic heterocycles. The van der Waals surface area contributed by atoms with E-state index in [-0.39, 0.29) is 6.42 Å². The summed E-state index contributed by atoms with van der Waals surface area (Å²) in [5.74, 6) is 0.0684. The van der Waals surface area contributed by atoms with Gasteiger partial charge in [0, 0.05) is 4.47 Å². The van der Waals surface area contributed by atoms with Gasteiger partial charge in [-0.05, 0) is 38.0 Å². The minimum Gasteiger partial charge on any atom is -0.493 e. The van der Waals surface area contributed by atoms with Crippen LogP contribution in [0.3, 0.4) is 0 Å². The number of hydrogen-bond acceptors (Lipinski definition) is 4. The van der Waals surface area contributed by atoms with Gasteiger partial charge in [-0.15, -0.1) is 0 Å². The Labute approximate surface area is 126 Å². The normalized spacial score (nSPS) is 12.9. The van der Waals surface area contributed by atoms with Gasteiger partial charge in [0.1, 0.15) is 0 Å². The van der Waals surface area contributed by atoms with Gasteiger partial charge in [-0.1, -0.05) is 15.9 Å². The molecule has 0 amide bonds. The van der Waals surface area contributed by atoms with Crippen LogP contribution in [-0.4, -0.2) is 30.4 Å². The zero-order chi connectivity index (χ0) is 15.5. The van der Waals surface area contributed by atoms with E-state index in [9.17, 15) is 9.90 Å². The molecule has 0 heterocycles. The van der Waals surface area contributed by atoms with Crippen LogP contribution >= 0.6 is 15.9 Å². The molecule has 112 valence electrons. The van der Waals surface area contributed by atoms with Crippen LogP contribution in [0.4, 0.5) is 0 Å². The topological polar surface area (TPSA) is 76.0 Å². The Bertz CT molecular complexity index is 499. The van der Waals surface area contributed by atoms with Crippen molar-refractivity contribution in [3.05, 3.63) is 22.2 Å². The molecule has 0 saturated carbocycles. The third-order valence-corrected chi connectivity index (χ3v) is 3.83. The van der Waals surface area contributed by atoms with Crippen LogP contribution in [0.1, 0.15) is 31.9 Å². The molecule has 0 saturated heterocycles. The van der Waals surface area contributed by atoms with Crippen LogP contribution in [0.2, 0.25) is 0 Å². The molecular formula is C14H19BrO5. The second kappa shape index (κ2) is 6.45. The molecule has 1 atom stereocenters. The number of halogens is 1. The fourth-order valence-corrected chi connectivity index (χ4v) is 2.39. The van der Waals surface area contributed by atoms with Gasteiger partial charge in [-0.25, -0.2) is 0 Å². The van der Waals surface area contributed by atoms with Crippen molar-refractivity contribution in [1.82, 2.24) is 0 Å². The molecule has 1 rings (SSSR count). The van der Waals surface area contributed by atoms with E-state index in [0.29, 0.717) is 21.5 Å². The van der Waals surface area contributed by atoms with Gasteiger partial charge < -0.3 is 19.7 Å². The number of rotatable bonds is 6. The van der Waals surface area contributed by atoms with E-state index in [1.165, 1.54) is 14.2 Å². The number of hydrogen-bond donors (Lipinski definition) is 2. The van der Waals surface area contributed by atoms with Gasteiger partial charge in [-0.3, -0.25) is 4.79 Å². The highest BCUT2D eigenvalue weighted by Gasteiger charge is 2.31. The van der Waals surface area contributed by atoms with E-state index in [2.05, 4.69) is 15.9 Å². The lowest BCUT2D eigenvalue weighted by atomic mass is 9.85. The molecule has 1 unspecified atom stereocenters. The van der Waals surface area contributed by atoms with Crippen LogP contribution in [0.5, 0.6) is 11.5 Å². The number of aliphatic hydroxyl groups is 1. The van der Waals surface area contributed by atoms with Crippen LogP contribution in [0.15, 0.2) is 16.6 Å². The maximum Gasteiger partial charge on any atom is 0.309 e. The Balaban J connectivity index is 3.10. The smallest absolute Gasteiger partial charge is 0.309 e. The number of benzene rings is 1. The molecule has 5 nitrogen and oxygen atoms in total. The average Bonchev–Trinajstić information content (AvgIpc) is 2.37. The molecule has 0 aromatic heterocycles. The Morgan fingerprint density at radius 2 is 1.80 bits per heavy atom. The van der Waals surface area contributed by atoms with E-state index >= 15 is 0 Å². The second-order valence-corrected chi connectivity index (χ2v) is 5.99. The van der Waals surface area contributed by atoms with Crippen molar-refractivity contribution < 1.29 is 24.5 Å². The molecule has 1 aromatic carbocycles. The minimum atomic E-state index is -1.02. The predicted molar refractivity (Wildman–Crippen MR) is 78.2 cm³/mol. The fourth-order valence-electron chi connectivity index (χ4n) is 1.81. The first-order valence-electron chi connectivity index (χ1n) is 6.05. The van der Waals surface area contributed by atoms with E-state index < -0.39 is 17.5 Å². The summed E-state index contributed by atoms with van der Waals surface area (Å²) in [5, 5.41) is 19.4. The third-order valence-electron chi connectivity index (χ3n) is 3.14. The van der Waals surface area contributed by atoms with Crippen LogP contribution in [0, 0.1) is 5.41 Å². The number of carboxylic acids is 1. The lowest BCUT2D eigenvalue weighted by Crippen LogP contribution is -2.26. The zero-order valence-electron chi connectivity index (χ0n) is 11.9. The molecule has 20 heavy (non-hydrogen) atoms. The van der Waals surface area contributed by atoms with Crippen LogP contribution in [0.25, 0.3) is 0 Å². The highest BCUT2D eigenvalue weighted by atomic mass is 79.9. The van der Waals surface area contributed by atoms with Gasteiger partial charge >= 0.3 is 5.97 Å². The molecular weight excluding hydrogens is 328 g/mol. The number of aliphatic carboxylic acids is 1. The highest BCUT2D eigenvalue weighted by Crippen LogP contribution is 2.39. The summed E-state index contributed by atoms with van der Waals surface area (Å²) in [6.45, 7) is 3.15. The standard InChI is InChI=1S/C14H19BrO5/c1-14(2,13(17)18)7-10(16)8-5-11(19-3)12(20-4)6-9(8)15/h5-6,10,16H,7H2,1-4H3,(H,17,18). The lowest BCUT2D eigenvalue weighted by Gasteiger charge is -2.24. The summed E-state index contributed by atoms with van der Waals surface area (Å²) in [7, 11) is 3.02. The van der Waals surface area contributed by atoms with E-state index in [1.807, 2.05) is 0 Å². The lowest BCUT2D eigenvalue weighted by molar-refractivity contribution is -0.148. The first-order valence-corrected chi connectivity index (χ1v) is 6.85. The van der Waals surface area contributed by atoms with Gasteiger partial charge in [-0.2, -0.15) is 0 Å². The monoisotopic (exact) mass is 346 g/mol. The summed E-state index contributed by atoms with van der Waals surface area (Å²) in [5.41, 5.74) is -0.455. The summed E-state index contributed by atoms with van der Waals surface area (Å²) in [4.78, 5) is 11.1. The third kappa shape index (κ3) is 3.64. The SMILES string of the molecule is COc1cc(Br)c(C(O)CC(C)(C)C(=O)O)cc1OC. The average molecular weight is 347 g/mol. The molecule has 0 spiro atoms. The van der Waals surface area contributed by atoms with E-state index in [1.54, 1.807) is 26.0 Å². The largest absolute Gasteiger partial charge is 0.493 e. The first-order chi connectivity index (χ1) is 9.22. The van der Waals surface area contributed by atoms with Crippen molar-refractivity contribution in [3.63, 3.8) is 0 Å². The number of carboxylic acid groups (broad SMARTS) is 1. The summed E-state index contributed by atoms with van der Waals surface area (Å²) >= 11 is 3.35. The van der Waals surface area contributed by atoms with E-state index in [0.717, 1.165) is 0 Å². The van der Waals surface area contributed by atoms with Crippen LogP contribution in [-0.2, 0) is 4.79 Å². The van der Waals surface area contributed by atoms with Crippen molar-refractivity contribution in [1.29, 1.82) is 0 Å². The minimum absolute atomic E-state index is 0.0937. The van der Waals surface area contributed by atoms with Crippen molar-refractivity contribution in [2.45, 2.75) is 26.4 Å². The quantitative estimate of drug-likeness (QED) is 0.827. The molecule has 6 heteroatoms. The molecule has 1 aromatic rings. The van der Waals surface area contributed by atoms with E-state index in [4.69, 9.17) is 14.6 Å². The summed E-state index contributed by atoms with van der Waals surface area (Å²) in [6, 6.07) is 3.33. The number of aliphatic hydroxyl groups excluding tert-OH is 1. The molecule has 0 aliphatic carbocycles. The van der Waals surface area contributed by atoms with Gasteiger partial charge in [0.05, 0.1) is 25.7 Å². The Hall–Kier alpha value is -1.27. The molecule has 0 bridgehead atoms.